The molecule has 0 aliphatic carbocycles. The van der Waals surface area contributed by atoms with E-state index >= 15 is 0 Å². The Labute approximate surface area is 119 Å². The van der Waals surface area contributed by atoms with E-state index in [2.05, 4.69) is 14.9 Å². The number of aromatic nitrogens is 2. The summed E-state index contributed by atoms with van der Waals surface area (Å²) in [4.78, 5) is 10.9. The zero-order valence-corrected chi connectivity index (χ0v) is 12.0. The van der Waals surface area contributed by atoms with Crippen molar-refractivity contribution in [2.24, 2.45) is 11.3 Å². The summed E-state index contributed by atoms with van der Waals surface area (Å²) < 4.78 is 16.2. The van der Waals surface area contributed by atoms with Gasteiger partial charge in [-0.25, -0.2) is 9.97 Å². The highest BCUT2D eigenvalue weighted by molar-refractivity contribution is 5.41. The molecule has 0 saturated carbocycles. The van der Waals surface area contributed by atoms with Gasteiger partial charge in [-0.3, -0.25) is 0 Å². The zero-order chi connectivity index (χ0) is 14.0. The molecule has 110 valence electrons. The Balaban J connectivity index is 1.78. The van der Waals surface area contributed by atoms with Gasteiger partial charge >= 0.3 is 0 Å². The molecular formula is C14H21N3O3. The highest BCUT2D eigenvalue weighted by atomic mass is 16.5. The Morgan fingerprint density at radius 2 is 2.30 bits per heavy atom. The van der Waals surface area contributed by atoms with Gasteiger partial charge in [-0.1, -0.05) is 0 Å². The Kier molecular flexibility index (Phi) is 3.87. The van der Waals surface area contributed by atoms with Crippen LogP contribution in [-0.2, 0) is 20.8 Å². The highest BCUT2D eigenvalue weighted by Gasteiger charge is 2.51. The maximum atomic E-state index is 5.65. The van der Waals surface area contributed by atoms with Crippen molar-refractivity contribution in [1.82, 2.24) is 9.97 Å². The van der Waals surface area contributed by atoms with Gasteiger partial charge in [-0.2, -0.15) is 0 Å². The number of rotatable bonds is 5. The lowest BCUT2D eigenvalue weighted by Gasteiger charge is -2.26. The monoisotopic (exact) mass is 279 g/mol. The number of anilines is 1. The first kappa shape index (κ1) is 13.7. The molecular weight excluding hydrogens is 258 g/mol. The Morgan fingerprint density at radius 3 is 3.10 bits per heavy atom. The van der Waals surface area contributed by atoms with Crippen LogP contribution in [0.25, 0.3) is 0 Å². The van der Waals surface area contributed by atoms with Crippen molar-refractivity contribution in [3.63, 3.8) is 0 Å². The minimum Gasteiger partial charge on any atom is -0.384 e. The normalized spacial score (nSPS) is 28.9. The molecule has 0 radical (unpaired) electrons. The molecule has 0 amide bonds. The molecule has 2 aliphatic rings. The van der Waals surface area contributed by atoms with E-state index in [-0.39, 0.29) is 5.41 Å². The SMILES string of the molecule is COCc1cc(N2C[C@H]3COC[C@@]3(COC)C2)ncn1. The number of hydrogen-bond donors (Lipinski definition) is 0. The molecule has 2 saturated heterocycles. The molecule has 0 N–H and O–H groups in total. The van der Waals surface area contributed by atoms with E-state index in [0.29, 0.717) is 12.5 Å². The van der Waals surface area contributed by atoms with Crippen molar-refractivity contribution in [2.45, 2.75) is 6.61 Å². The molecule has 20 heavy (non-hydrogen) atoms. The predicted octanol–water partition coefficient (Wildman–Crippen LogP) is 0.722. The van der Waals surface area contributed by atoms with E-state index in [9.17, 15) is 0 Å². The van der Waals surface area contributed by atoms with E-state index in [1.54, 1.807) is 20.5 Å². The maximum Gasteiger partial charge on any atom is 0.132 e. The zero-order valence-electron chi connectivity index (χ0n) is 12.0. The van der Waals surface area contributed by atoms with Crippen LogP contribution in [0.4, 0.5) is 5.82 Å². The lowest BCUT2D eigenvalue weighted by Crippen LogP contribution is -2.35. The predicted molar refractivity (Wildman–Crippen MR) is 73.6 cm³/mol. The minimum atomic E-state index is 0.112. The summed E-state index contributed by atoms with van der Waals surface area (Å²) >= 11 is 0. The molecule has 3 rings (SSSR count). The first-order valence-electron chi connectivity index (χ1n) is 6.89. The second-order valence-corrected chi connectivity index (χ2v) is 5.69. The maximum absolute atomic E-state index is 5.65. The molecule has 0 unspecified atom stereocenters. The van der Waals surface area contributed by atoms with Gasteiger partial charge in [-0.05, 0) is 0 Å². The number of fused-ring (bicyclic) bond motifs is 1. The van der Waals surface area contributed by atoms with Crippen LogP contribution in [0.2, 0.25) is 0 Å². The fourth-order valence-corrected chi connectivity index (χ4v) is 3.28. The summed E-state index contributed by atoms with van der Waals surface area (Å²) in [5.41, 5.74) is 1.02. The summed E-state index contributed by atoms with van der Waals surface area (Å²) in [7, 11) is 3.43. The second-order valence-electron chi connectivity index (χ2n) is 5.69. The molecule has 2 atom stereocenters. The molecule has 1 aromatic rings. The fraction of sp³-hybridized carbons (Fsp3) is 0.714. The van der Waals surface area contributed by atoms with Crippen LogP contribution >= 0.6 is 0 Å². The summed E-state index contributed by atoms with van der Waals surface area (Å²) in [5, 5.41) is 0. The Hall–Kier alpha value is -1.24. The Bertz CT molecular complexity index is 471. The van der Waals surface area contributed by atoms with Crippen molar-refractivity contribution in [1.29, 1.82) is 0 Å². The number of hydrogen-bond acceptors (Lipinski definition) is 6. The summed E-state index contributed by atoms with van der Waals surface area (Å²) in [5.74, 6) is 1.49. The Morgan fingerprint density at radius 1 is 1.40 bits per heavy atom. The lowest BCUT2D eigenvalue weighted by atomic mass is 9.82. The van der Waals surface area contributed by atoms with Crippen LogP contribution in [0.5, 0.6) is 0 Å². The topological polar surface area (TPSA) is 56.7 Å². The minimum absolute atomic E-state index is 0.112. The van der Waals surface area contributed by atoms with E-state index in [1.807, 2.05) is 6.07 Å². The first-order chi connectivity index (χ1) is 9.77. The number of ether oxygens (including phenoxy) is 3. The quantitative estimate of drug-likeness (QED) is 0.791. The van der Waals surface area contributed by atoms with Gasteiger partial charge in [0.05, 0.1) is 32.1 Å². The first-order valence-corrected chi connectivity index (χ1v) is 6.89. The van der Waals surface area contributed by atoms with E-state index < -0.39 is 0 Å². The van der Waals surface area contributed by atoms with E-state index in [1.165, 1.54) is 0 Å². The molecule has 0 bridgehead atoms. The van der Waals surface area contributed by atoms with Crippen LogP contribution in [0.15, 0.2) is 12.4 Å². The largest absolute Gasteiger partial charge is 0.384 e. The van der Waals surface area contributed by atoms with Gasteiger partial charge < -0.3 is 19.1 Å². The van der Waals surface area contributed by atoms with Gasteiger partial charge in [0.1, 0.15) is 12.1 Å². The third-order valence-corrected chi connectivity index (χ3v) is 4.28. The molecule has 0 spiro atoms. The summed E-state index contributed by atoms with van der Waals surface area (Å²) in [6.07, 6.45) is 1.61. The molecule has 1 aromatic heterocycles. The van der Waals surface area contributed by atoms with Crippen LogP contribution in [0, 0.1) is 11.3 Å². The van der Waals surface area contributed by atoms with E-state index in [4.69, 9.17) is 14.2 Å². The van der Waals surface area contributed by atoms with Crippen LogP contribution in [0.1, 0.15) is 5.69 Å². The molecule has 0 aromatic carbocycles. The third kappa shape index (κ3) is 2.39. The smallest absolute Gasteiger partial charge is 0.132 e. The van der Waals surface area contributed by atoms with Crippen LogP contribution in [-0.4, -0.2) is 57.1 Å². The van der Waals surface area contributed by atoms with Gasteiger partial charge in [-0.15, -0.1) is 0 Å². The molecule has 6 heteroatoms. The van der Waals surface area contributed by atoms with Crippen molar-refractivity contribution in [2.75, 3.05) is 52.0 Å². The molecule has 3 heterocycles. The van der Waals surface area contributed by atoms with Gasteiger partial charge in [0.25, 0.3) is 0 Å². The van der Waals surface area contributed by atoms with Crippen LogP contribution in [0.3, 0.4) is 0 Å². The summed E-state index contributed by atoms with van der Waals surface area (Å²) in [6, 6.07) is 2.01. The molecule has 2 fully saturated rings. The molecule has 6 nitrogen and oxygen atoms in total. The average Bonchev–Trinajstić information content (AvgIpc) is 2.96. The van der Waals surface area contributed by atoms with Gasteiger partial charge in [0, 0.05) is 44.7 Å². The van der Waals surface area contributed by atoms with E-state index in [0.717, 1.165) is 44.4 Å². The second kappa shape index (κ2) is 5.63. The van der Waals surface area contributed by atoms with Crippen molar-refractivity contribution in [3.8, 4) is 0 Å². The lowest BCUT2D eigenvalue weighted by molar-refractivity contribution is 0.0660. The fourth-order valence-electron chi connectivity index (χ4n) is 3.28. The standard InChI is InChI=1S/C14H21N3O3/c1-18-6-12-3-13(16-10-15-12)17-4-11-5-20-9-14(11,7-17)8-19-2/h3,10-11H,4-9H2,1-2H3/t11-,14-/m0/s1. The molecule has 2 aliphatic heterocycles. The number of nitrogens with zero attached hydrogens (tertiary/aromatic N) is 3. The number of methoxy groups -OCH3 is 2. The van der Waals surface area contributed by atoms with Gasteiger partial charge in [0.15, 0.2) is 0 Å². The summed E-state index contributed by atoms with van der Waals surface area (Å²) in [6.45, 7) is 4.74. The third-order valence-electron chi connectivity index (χ3n) is 4.28. The van der Waals surface area contributed by atoms with Crippen molar-refractivity contribution >= 4 is 5.82 Å². The van der Waals surface area contributed by atoms with Gasteiger partial charge in [0.2, 0.25) is 0 Å². The van der Waals surface area contributed by atoms with Crippen LogP contribution < -0.4 is 4.90 Å². The van der Waals surface area contributed by atoms with Crippen molar-refractivity contribution in [3.05, 3.63) is 18.1 Å². The van der Waals surface area contributed by atoms with Crippen molar-refractivity contribution < 1.29 is 14.2 Å². The average molecular weight is 279 g/mol. The highest BCUT2D eigenvalue weighted by Crippen LogP contribution is 2.42.